The van der Waals surface area contributed by atoms with Crippen LogP contribution >= 0.6 is 0 Å². The Morgan fingerprint density at radius 3 is 2.93 bits per heavy atom. The van der Waals surface area contributed by atoms with E-state index in [2.05, 4.69) is 10.1 Å². The van der Waals surface area contributed by atoms with Gasteiger partial charge in [0.15, 0.2) is 0 Å². The molecule has 1 rings (SSSR count). The number of aliphatic hydroxyl groups is 1. The fourth-order valence-corrected chi connectivity index (χ4v) is 1.48. The minimum Gasteiger partial charge on any atom is -0.393 e. The maximum Gasteiger partial charge on any atom is 0.138 e. The van der Waals surface area contributed by atoms with E-state index in [0.29, 0.717) is 12.8 Å². The zero-order chi connectivity index (χ0) is 11.3. The standard InChI is InChI=1S/C10H19N3O2/c1-4-13-10(11-7-12-13)6-9(14)5-8(2)15-3/h7-9,14H,4-6H2,1-3H3. The van der Waals surface area contributed by atoms with Crippen molar-refractivity contribution in [2.75, 3.05) is 7.11 Å². The van der Waals surface area contributed by atoms with E-state index in [4.69, 9.17) is 4.74 Å². The van der Waals surface area contributed by atoms with Crippen molar-refractivity contribution in [3.8, 4) is 0 Å². The maximum atomic E-state index is 9.78. The minimum atomic E-state index is -0.422. The highest BCUT2D eigenvalue weighted by molar-refractivity contribution is 4.87. The lowest BCUT2D eigenvalue weighted by atomic mass is 10.1. The van der Waals surface area contributed by atoms with E-state index in [0.717, 1.165) is 12.4 Å². The summed E-state index contributed by atoms with van der Waals surface area (Å²) < 4.78 is 6.89. The zero-order valence-corrected chi connectivity index (χ0v) is 9.55. The summed E-state index contributed by atoms with van der Waals surface area (Å²) in [7, 11) is 1.64. The zero-order valence-electron chi connectivity index (χ0n) is 9.55. The molecule has 1 aromatic heterocycles. The van der Waals surface area contributed by atoms with Crippen molar-refractivity contribution in [1.29, 1.82) is 0 Å². The second-order valence-electron chi connectivity index (χ2n) is 3.63. The van der Waals surface area contributed by atoms with Crippen molar-refractivity contribution >= 4 is 0 Å². The molecule has 86 valence electrons. The lowest BCUT2D eigenvalue weighted by Gasteiger charge is -2.14. The Morgan fingerprint density at radius 1 is 1.60 bits per heavy atom. The second-order valence-corrected chi connectivity index (χ2v) is 3.63. The highest BCUT2D eigenvalue weighted by Gasteiger charge is 2.13. The van der Waals surface area contributed by atoms with Crippen molar-refractivity contribution in [1.82, 2.24) is 14.8 Å². The second kappa shape index (κ2) is 5.82. The van der Waals surface area contributed by atoms with Crippen molar-refractivity contribution in [3.63, 3.8) is 0 Å². The van der Waals surface area contributed by atoms with Crippen molar-refractivity contribution in [3.05, 3.63) is 12.2 Å². The highest BCUT2D eigenvalue weighted by atomic mass is 16.5. The molecule has 5 nitrogen and oxygen atoms in total. The lowest BCUT2D eigenvalue weighted by molar-refractivity contribution is 0.0554. The van der Waals surface area contributed by atoms with Crippen LogP contribution < -0.4 is 0 Å². The van der Waals surface area contributed by atoms with Gasteiger partial charge in [0.25, 0.3) is 0 Å². The van der Waals surface area contributed by atoms with E-state index in [9.17, 15) is 5.11 Å². The minimum absolute atomic E-state index is 0.0676. The van der Waals surface area contributed by atoms with Crippen LogP contribution in [0.1, 0.15) is 26.1 Å². The molecule has 0 aliphatic carbocycles. The molecule has 2 unspecified atom stereocenters. The molecule has 0 fully saturated rings. The number of aromatic nitrogens is 3. The fourth-order valence-electron chi connectivity index (χ4n) is 1.48. The first-order chi connectivity index (χ1) is 7.17. The van der Waals surface area contributed by atoms with Crippen LogP contribution in [0, 0.1) is 0 Å². The molecule has 0 amide bonds. The van der Waals surface area contributed by atoms with E-state index in [-0.39, 0.29) is 6.10 Å². The SMILES string of the molecule is CCn1ncnc1CC(O)CC(C)OC. The van der Waals surface area contributed by atoms with E-state index >= 15 is 0 Å². The molecule has 0 bridgehead atoms. The van der Waals surface area contributed by atoms with Gasteiger partial charge in [-0.25, -0.2) is 4.98 Å². The van der Waals surface area contributed by atoms with Crippen LogP contribution in [0.25, 0.3) is 0 Å². The predicted octanol–water partition coefficient (Wildman–Crippen LogP) is 0.626. The first kappa shape index (κ1) is 12.1. The highest BCUT2D eigenvalue weighted by Crippen LogP contribution is 2.07. The van der Waals surface area contributed by atoms with Crippen LogP contribution in [-0.2, 0) is 17.7 Å². The average molecular weight is 213 g/mol. The molecule has 2 atom stereocenters. The van der Waals surface area contributed by atoms with Crippen molar-refractivity contribution < 1.29 is 9.84 Å². The predicted molar refractivity (Wildman–Crippen MR) is 56.5 cm³/mol. The molecule has 5 heteroatoms. The first-order valence-corrected chi connectivity index (χ1v) is 5.24. The Balaban J connectivity index is 2.47. The molecule has 0 saturated carbocycles. The van der Waals surface area contributed by atoms with E-state index in [1.807, 2.05) is 13.8 Å². The summed E-state index contributed by atoms with van der Waals surface area (Å²) in [5.41, 5.74) is 0. The summed E-state index contributed by atoms with van der Waals surface area (Å²) in [5.74, 6) is 0.827. The Morgan fingerprint density at radius 2 is 2.33 bits per heavy atom. The molecule has 15 heavy (non-hydrogen) atoms. The van der Waals surface area contributed by atoms with E-state index in [1.54, 1.807) is 11.8 Å². The number of aryl methyl sites for hydroxylation is 1. The molecule has 0 saturated heterocycles. The van der Waals surface area contributed by atoms with Crippen molar-refractivity contribution in [2.45, 2.75) is 45.4 Å². The number of aliphatic hydroxyl groups excluding tert-OH is 1. The molecule has 0 spiro atoms. The molecule has 1 aromatic rings. The van der Waals surface area contributed by atoms with Crippen LogP contribution in [0.3, 0.4) is 0 Å². The number of rotatable bonds is 6. The first-order valence-electron chi connectivity index (χ1n) is 5.24. The molecule has 1 N–H and O–H groups in total. The van der Waals surface area contributed by atoms with Gasteiger partial charge in [0.05, 0.1) is 12.2 Å². The molecular formula is C10H19N3O2. The van der Waals surface area contributed by atoms with Gasteiger partial charge in [0, 0.05) is 20.1 Å². The Hall–Kier alpha value is -0.940. The van der Waals surface area contributed by atoms with Gasteiger partial charge in [0.1, 0.15) is 12.2 Å². The van der Waals surface area contributed by atoms with Gasteiger partial charge in [-0.15, -0.1) is 0 Å². The third-order valence-corrected chi connectivity index (χ3v) is 2.42. The topological polar surface area (TPSA) is 60.2 Å². The number of hydrogen-bond donors (Lipinski definition) is 1. The van der Waals surface area contributed by atoms with Gasteiger partial charge in [-0.3, -0.25) is 4.68 Å². The van der Waals surface area contributed by atoms with Gasteiger partial charge in [-0.05, 0) is 20.3 Å². The number of hydrogen-bond acceptors (Lipinski definition) is 4. The van der Waals surface area contributed by atoms with Gasteiger partial charge >= 0.3 is 0 Å². The molecular weight excluding hydrogens is 194 g/mol. The number of nitrogens with zero attached hydrogens (tertiary/aromatic N) is 3. The summed E-state index contributed by atoms with van der Waals surface area (Å²) >= 11 is 0. The summed E-state index contributed by atoms with van der Waals surface area (Å²) in [6.07, 6.45) is 2.31. The fraction of sp³-hybridized carbons (Fsp3) is 0.800. The van der Waals surface area contributed by atoms with Crippen molar-refractivity contribution in [2.24, 2.45) is 0 Å². The van der Waals surface area contributed by atoms with Crippen LogP contribution in [0.4, 0.5) is 0 Å². The smallest absolute Gasteiger partial charge is 0.138 e. The van der Waals surface area contributed by atoms with Crippen LogP contribution in [0.15, 0.2) is 6.33 Å². The van der Waals surface area contributed by atoms with Gasteiger partial charge in [0.2, 0.25) is 0 Å². The number of methoxy groups -OCH3 is 1. The van der Waals surface area contributed by atoms with Gasteiger partial charge in [-0.2, -0.15) is 5.10 Å². The monoisotopic (exact) mass is 213 g/mol. The molecule has 0 aromatic carbocycles. The average Bonchev–Trinajstić information content (AvgIpc) is 2.64. The van der Waals surface area contributed by atoms with E-state index < -0.39 is 6.10 Å². The Bertz CT molecular complexity index is 288. The third kappa shape index (κ3) is 3.60. The van der Waals surface area contributed by atoms with Crippen LogP contribution in [0.2, 0.25) is 0 Å². The maximum absolute atomic E-state index is 9.78. The molecule has 0 aliphatic heterocycles. The summed E-state index contributed by atoms with van der Waals surface area (Å²) in [4.78, 5) is 4.11. The molecule has 1 heterocycles. The Labute approximate surface area is 90.1 Å². The normalized spacial score (nSPS) is 15.2. The number of ether oxygens (including phenoxy) is 1. The summed E-state index contributed by atoms with van der Waals surface area (Å²) in [5, 5.41) is 13.8. The quantitative estimate of drug-likeness (QED) is 0.752. The third-order valence-electron chi connectivity index (χ3n) is 2.42. The lowest BCUT2D eigenvalue weighted by Crippen LogP contribution is -2.21. The Kier molecular flexibility index (Phi) is 4.71. The largest absolute Gasteiger partial charge is 0.393 e. The summed E-state index contributed by atoms with van der Waals surface area (Å²) in [6, 6.07) is 0. The molecule has 0 radical (unpaired) electrons. The van der Waals surface area contributed by atoms with E-state index in [1.165, 1.54) is 6.33 Å². The molecule has 0 aliphatic rings. The van der Waals surface area contributed by atoms with Crippen LogP contribution in [-0.4, -0.2) is 39.2 Å². The van der Waals surface area contributed by atoms with Gasteiger partial charge in [-0.1, -0.05) is 0 Å². The van der Waals surface area contributed by atoms with Crippen LogP contribution in [0.5, 0.6) is 0 Å². The van der Waals surface area contributed by atoms with Gasteiger partial charge < -0.3 is 9.84 Å². The summed E-state index contributed by atoms with van der Waals surface area (Å²) in [6.45, 7) is 4.72.